The number of rotatable bonds is 5. The Labute approximate surface area is 124 Å². The van der Waals surface area contributed by atoms with Gasteiger partial charge in [0.2, 0.25) is 0 Å². The van der Waals surface area contributed by atoms with Gasteiger partial charge in [-0.25, -0.2) is 0 Å². The second kappa shape index (κ2) is 6.57. The highest BCUT2D eigenvalue weighted by Gasteiger charge is 2.03. The number of nitrogens with two attached hydrogens (primary N) is 1. The van der Waals surface area contributed by atoms with E-state index in [0.717, 1.165) is 17.1 Å². The number of ether oxygens (including phenoxy) is 1. The first-order valence-corrected chi connectivity index (χ1v) is 7.77. The van der Waals surface area contributed by atoms with Crippen molar-refractivity contribution in [3.8, 4) is 5.75 Å². The molecular formula is C16H20N2OS. The molecular weight excluding hydrogens is 268 g/mol. The molecule has 0 saturated heterocycles. The molecule has 3 nitrogen and oxygen atoms in total. The normalized spacial score (nSPS) is 10.6. The van der Waals surface area contributed by atoms with Crippen LogP contribution >= 0.6 is 11.8 Å². The van der Waals surface area contributed by atoms with Gasteiger partial charge in [-0.2, -0.15) is 0 Å². The van der Waals surface area contributed by atoms with Crippen LogP contribution in [0.5, 0.6) is 5.75 Å². The van der Waals surface area contributed by atoms with E-state index in [1.807, 2.05) is 32.0 Å². The fourth-order valence-electron chi connectivity index (χ4n) is 1.88. The highest BCUT2D eigenvalue weighted by Crippen LogP contribution is 2.27. The monoisotopic (exact) mass is 288 g/mol. The van der Waals surface area contributed by atoms with E-state index in [9.17, 15) is 0 Å². The first-order valence-electron chi connectivity index (χ1n) is 6.55. The van der Waals surface area contributed by atoms with Crippen LogP contribution in [0.15, 0.2) is 47.4 Å². The second-order valence-corrected chi connectivity index (χ2v) is 5.69. The number of nitrogen functional groups attached to an aromatic ring is 1. The van der Waals surface area contributed by atoms with Gasteiger partial charge in [0.15, 0.2) is 0 Å². The number of benzene rings is 2. The van der Waals surface area contributed by atoms with Crippen LogP contribution in [0.3, 0.4) is 0 Å². The summed E-state index contributed by atoms with van der Waals surface area (Å²) in [7, 11) is 0. The number of hydrogen-bond acceptors (Lipinski definition) is 4. The van der Waals surface area contributed by atoms with Crippen molar-refractivity contribution in [3.05, 3.63) is 42.5 Å². The van der Waals surface area contributed by atoms with Crippen LogP contribution in [0.4, 0.5) is 17.1 Å². The minimum absolute atomic E-state index is 0.130. The van der Waals surface area contributed by atoms with Crippen molar-refractivity contribution in [1.82, 2.24) is 0 Å². The van der Waals surface area contributed by atoms with E-state index in [0.29, 0.717) is 5.69 Å². The Balaban J connectivity index is 2.17. The van der Waals surface area contributed by atoms with E-state index in [1.165, 1.54) is 4.90 Å². The third kappa shape index (κ3) is 4.10. The molecule has 0 fully saturated rings. The largest absolute Gasteiger partial charge is 0.491 e. The van der Waals surface area contributed by atoms with Gasteiger partial charge in [-0.3, -0.25) is 0 Å². The lowest BCUT2D eigenvalue weighted by atomic mass is 10.2. The van der Waals surface area contributed by atoms with Gasteiger partial charge in [0, 0.05) is 34.1 Å². The third-order valence-electron chi connectivity index (χ3n) is 2.68. The van der Waals surface area contributed by atoms with E-state index in [4.69, 9.17) is 10.5 Å². The molecule has 0 bridgehead atoms. The predicted octanol–water partition coefficient (Wildman–Crippen LogP) is 4.52. The summed E-state index contributed by atoms with van der Waals surface area (Å²) < 4.78 is 5.69. The van der Waals surface area contributed by atoms with Crippen LogP contribution in [0.2, 0.25) is 0 Å². The smallest absolute Gasteiger partial charge is 0.123 e. The molecule has 20 heavy (non-hydrogen) atoms. The Kier molecular flexibility index (Phi) is 4.79. The Hall–Kier alpha value is -1.81. The van der Waals surface area contributed by atoms with Crippen molar-refractivity contribution >= 4 is 28.8 Å². The lowest BCUT2D eigenvalue weighted by Crippen LogP contribution is -2.06. The van der Waals surface area contributed by atoms with Crippen molar-refractivity contribution in [2.24, 2.45) is 0 Å². The van der Waals surface area contributed by atoms with Gasteiger partial charge in [-0.05, 0) is 50.4 Å². The third-order valence-corrected chi connectivity index (χ3v) is 3.42. The minimum Gasteiger partial charge on any atom is -0.491 e. The molecule has 0 spiro atoms. The van der Waals surface area contributed by atoms with Gasteiger partial charge in [0.25, 0.3) is 0 Å². The molecule has 0 radical (unpaired) electrons. The fraction of sp³-hybridized carbons (Fsp3) is 0.250. The Bertz CT molecular complexity index is 567. The quantitative estimate of drug-likeness (QED) is 0.627. The Morgan fingerprint density at radius 1 is 1.05 bits per heavy atom. The molecule has 0 aliphatic heterocycles. The van der Waals surface area contributed by atoms with Gasteiger partial charge in [0.05, 0.1) is 6.10 Å². The van der Waals surface area contributed by atoms with E-state index < -0.39 is 0 Å². The molecule has 0 amide bonds. The first-order chi connectivity index (χ1) is 9.56. The summed E-state index contributed by atoms with van der Waals surface area (Å²) in [6.07, 6.45) is 2.20. The maximum atomic E-state index is 5.91. The maximum absolute atomic E-state index is 5.91. The summed E-state index contributed by atoms with van der Waals surface area (Å²) in [4.78, 5) is 1.24. The van der Waals surface area contributed by atoms with Crippen LogP contribution < -0.4 is 15.8 Å². The molecule has 0 heterocycles. The molecule has 0 aliphatic rings. The summed E-state index contributed by atoms with van der Waals surface area (Å²) >= 11 is 1.73. The van der Waals surface area contributed by atoms with Gasteiger partial charge in [-0.1, -0.05) is 0 Å². The number of hydrogen-bond donors (Lipinski definition) is 2. The number of anilines is 3. The van der Waals surface area contributed by atoms with Crippen molar-refractivity contribution in [3.63, 3.8) is 0 Å². The average molecular weight is 288 g/mol. The molecule has 0 aliphatic carbocycles. The molecule has 106 valence electrons. The minimum atomic E-state index is 0.130. The standard InChI is InChI=1S/C16H20N2OS/c1-11(2)19-15-9-12(17)8-14(10-15)18-13-4-6-16(20-3)7-5-13/h4-11,18H,17H2,1-3H3. The van der Waals surface area contributed by atoms with Crippen molar-refractivity contribution < 1.29 is 4.74 Å². The lowest BCUT2D eigenvalue weighted by molar-refractivity contribution is 0.242. The highest BCUT2D eigenvalue weighted by molar-refractivity contribution is 7.98. The molecule has 0 unspecified atom stereocenters. The van der Waals surface area contributed by atoms with E-state index >= 15 is 0 Å². The van der Waals surface area contributed by atoms with Crippen molar-refractivity contribution in [2.45, 2.75) is 24.8 Å². The van der Waals surface area contributed by atoms with Crippen LogP contribution in [0.1, 0.15) is 13.8 Å². The molecule has 2 aromatic rings. The average Bonchev–Trinajstić information content (AvgIpc) is 2.38. The molecule has 0 saturated carbocycles. The van der Waals surface area contributed by atoms with Gasteiger partial charge in [-0.15, -0.1) is 11.8 Å². The molecule has 3 N–H and O–H groups in total. The van der Waals surface area contributed by atoms with E-state index in [2.05, 4.69) is 35.8 Å². The second-order valence-electron chi connectivity index (χ2n) is 4.81. The lowest BCUT2D eigenvalue weighted by Gasteiger charge is -2.13. The molecule has 0 aromatic heterocycles. The van der Waals surface area contributed by atoms with Gasteiger partial charge >= 0.3 is 0 Å². The fourth-order valence-corrected chi connectivity index (χ4v) is 2.28. The number of thioether (sulfide) groups is 1. The van der Waals surface area contributed by atoms with Crippen molar-refractivity contribution in [2.75, 3.05) is 17.3 Å². The van der Waals surface area contributed by atoms with Crippen LogP contribution in [-0.4, -0.2) is 12.4 Å². The summed E-state index contributed by atoms with van der Waals surface area (Å²) in [6, 6.07) is 14.0. The van der Waals surface area contributed by atoms with Crippen LogP contribution in [-0.2, 0) is 0 Å². The van der Waals surface area contributed by atoms with E-state index in [-0.39, 0.29) is 6.10 Å². The summed E-state index contributed by atoms with van der Waals surface area (Å²) in [6.45, 7) is 3.99. The topological polar surface area (TPSA) is 47.3 Å². The summed E-state index contributed by atoms with van der Waals surface area (Å²) in [5.74, 6) is 0.781. The summed E-state index contributed by atoms with van der Waals surface area (Å²) in [5, 5.41) is 3.34. The predicted molar refractivity (Wildman–Crippen MR) is 88.1 cm³/mol. The molecule has 2 aromatic carbocycles. The van der Waals surface area contributed by atoms with Gasteiger partial charge in [0.1, 0.15) is 5.75 Å². The van der Waals surface area contributed by atoms with Gasteiger partial charge < -0.3 is 15.8 Å². The molecule has 0 atom stereocenters. The summed E-state index contributed by atoms with van der Waals surface area (Å²) in [5.41, 5.74) is 8.56. The Morgan fingerprint density at radius 2 is 1.75 bits per heavy atom. The zero-order valence-corrected chi connectivity index (χ0v) is 12.8. The SMILES string of the molecule is CSc1ccc(Nc2cc(N)cc(OC(C)C)c2)cc1. The Morgan fingerprint density at radius 3 is 2.35 bits per heavy atom. The zero-order chi connectivity index (χ0) is 14.5. The first kappa shape index (κ1) is 14.6. The van der Waals surface area contributed by atoms with Crippen LogP contribution in [0.25, 0.3) is 0 Å². The zero-order valence-electron chi connectivity index (χ0n) is 12.0. The molecule has 2 rings (SSSR count). The van der Waals surface area contributed by atoms with Crippen LogP contribution in [0, 0.1) is 0 Å². The highest BCUT2D eigenvalue weighted by atomic mass is 32.2. The number of nitrogens with one attached hydrogen (secondary N) is 1. The van der Waals surface area contributed by atoms with Crippen molar-refractivity contribution in [1.29, 1.82) is 0 Å². The molecule has 4 heteroatoms. The van der Waals surface area contributed by atoms with E-state index in [1.54, 1.807) is 11.8 Å². The maximum Gasteiger partial charge on any atom is 0.123 e.